The van der Waals surface area contributed by atoms with Gasteiger partial charge in [0.25, 0.3) is 5.69 Å². The van der Waals surface area contributed by atoms with Gasteiger partial charge in [-0.05, 0) is 25.8 Å². The largest absolute Gasteiger partial charge is 0.396 e. The quantitative estimate of drug-likeness (QED) is 0.608. The van der Waals surface area contributed by atoms with Crippen LogP contribution in [0.15, 0.2) is 18.2 Å². The van der Waals surface area contributed by atoms with E-state index in [1.807, 2.05) is 6.92 Å². The second kappa shape index (κ2) is 6.42. The Morgan fingerprint density at radius 2 is 2.29 bits per heavy atom. The number of halogens is 1. The molecule has 0 saturated carbocycles. The van der Waals surface area contributed by atoms with E-state index < -0.39 is 4.92 Å². The van der Waals surface area contributed by atoms with Gasteiger partial charge < -0.3 is 10.4 Å². The number of nitrogens with one attached hydrogen (secondary N) is 1. The molecule has 0 aliphatic carbocycles. The maximum Gasteiger partial charge on any atom is 0.271 e. The average molecular weight is 259 g/mol. The molecule has 0 radical (unpaired) electrons. The molecule has 1 atom stereocenters. The van der Waals surface area contributed by atoms with Gasteiger partial charge in [-0.2, -0.15) is 0 Å². The standard InChI is InChI=1S/C11H15ClN2O3/c1-8(3-2-6-15)13-11-5-4-9(14(16)17)7-10(11)12/h4-5,7-8,13,15H,2-3,6H2,1H3. The minimum atomic E-state index is -0.481. The van der Waals surface area contributed by atoms with Crippen LogP contribution in [0.3, 0.4) is 0 Å². The number of aliphatic hydroxyl groups is 1. The number of nitrogens with zero attached hydrogens (tertiary/aromatic N) is 1. The Balaban J connectivity index is 2.69. The van der Waals surface area contributed by atoms with Gasteiger partial charge >= 0.3 is 0 Å². The van der Waals surface area contributed by atoms with Crippen LogP contribution in [0.5, 0.6) is 0 Å². The van der Waals surface area contributed by atoms with Gasteiger partial charge in [0, 0.05) is 24.8 Å². The van der Waals surface area contributed by atoms with Crippen molar-refractivity contribution in [1.29, 1.82) is 0 Å². The molecular formula is C11H15ClN2O3. The molecule has 0 saturated heterocycles. The van der Waals surface area contributed by atoms with E-state index in [0.29, 0.717) is 17.1 Å². The highest BCUT2D eigenvalue weighted by atomic mass is 35.5. The first-order valence-electron chi connectivity index (χ1n) is 5.36. The van der Waals surface area contributed by atoms with E-state index in [0.717, 1.165) is 6.42 Å². The highest BCUT2D eigenvalue weighted by molar-refractivity contribution is 6.33. The first-order valence-corrected chi connectivity index (χ1v) is 5.73. The Morgan fingerprint density at radius 1 is 1.59 bits per heavy atom. The van der Waals surface area contributed by atoms with E-state index in [9.17, 15) is 10.1 Å². The molecule has 0 aromatic heterocycles. The molecule has 1 aromatic rings. The molecule has 0 heterocycles. The third-order valence-corrected chi connectivity index (χ3v) is 2.67. The summed E-state index contributed by atoms with van der Waals surface area (Å²) in [6, 6.07) is 4.48. The average Bonchev–Trinajstić information content (AvgIpc) is 2.28. The van der Waals surface area contributed by atoms with Crippen LogP contribution in [0.25, 0.3) is 0 Å². The van der Waals surface area contributed by atoms with E-state index in [2.05, 4.69) is 5.32 Å². The third kappa shape index (κ3) is 4.20. The monoisotopic (exact) mass is 258 g/mol. The predicted molar refractivity (Wildman–Crippen MR) is 67.5 cm³/mol. The second-order valence-corrected chi connectivity index (χ2v) is 4.24. The molecule has 6 heteroatoms. The highest BCUT2D eigenvalue weighted by Gasteiger charge is 2.10. The highest BCUT2D eigenvalue weighted by Crippen LogP contribution is 2.27. The van der Waals surface area contributed by atoms with Crippen molar-refractivity contribution < 1.29 is 10.0 Å². The molecule has 0 spiro atoms. The summed E-state index contributed by atoms with van der Waals surface area (Å²) in [4.78, 5) is 10.0. The Kier molecular flexibility index (Phi) is 5.18. The van der Waals surface area contributed by atoms with E-state index in [-0.39, 0.29) is 18.3 Å². The molecule has 17 heavy (non-hydrogen) atoms. The molecule has 5 nitrogen and oxygen atoms in total. The number of anilines is 1. The van der Waals surface area contributed by atoms with Crippen LogP contribution in [0.1, 0.15) is 19.8 Å². The van der Waals surface area contributed by atoms with Gasteiger partial charge in [-0.1, -0.05) is 11.6 Å². The van der Waals surface area contributed by atoms with E-state index >= 15 is 0 Å². The van der Waals surface area contributed by atoms with Gasteiger partial charge in [0.1, 0.15) is 0 Å². The van der Waals surface area contributed by atoms with Crippen molar-refractivity contribution in [2.75, 3.05) is 11.9 Å². The van der Waals surface area contributed by atoms with Crippen molar-refractivity contribution in [3.05, 3.63) is 33.3 Å². The van der Waals surface area contributed by atoms with E-state index in [1.165, 1.54) is 12.1 Å². The van der Waals surface area contributed by atoms with Crippen LogP contribution in [0.2, 0.25) is 5.02 Å². The molecule has 2 N–H and O–H groups in total. The minimum Gasteiger partial charge on any atom is -0.396 e. The van der Waals surface area contributed by atoms with Crippen LogP contribution < -0.4 is 5.32 Å². The fourth-order valence-corrected chi connectivity index (χ4v) is 1.70. The number of aliphatic hydroxyl groups excluding tert-OH is 1. The fourth-order valence-electron chi connectivity index (χ4n) is 1.47. The molecule has 0 amide bonds. The van der Waals surface area contributed by atoms with E-state index in [1.54, 1.807) is 6.07 Å². The van der Waals surface area contributed by atoms with Gasteiger partial charge in [0.05, 0.1) is 15.6 Å². The molecule has 1 rings (SSSR count). The minimum absolute atomic E-state index is 0.0245. The smallest absolute Gasteiger partial charge is 0.271 e. The molecule has 0 fully saturated rings. The summed E-state index contributed by atoms with van der Waals surface area (Å²) in [5, 5.41) is 22.7. The van der Waals surface area contributed by atoms with Gasteiger partial charge in [-0.25, -0.2) is 0 Å². The predicted octanol–water partition coefficient (Wildman–Crippen LogP) is 2.82. The van der Waals surface area contributed by atoms with Crippen LogP contribution in [0, 0.1) is 10.1 Å². The second-order valence-electron chi connectivity index (χ2n) is 3.83. The molecular weight excluding hydrogens is 244 g/mol. The van der Waals surface area contributed by atoms with Crippen molar-refractivity contribution >= 4 is 23.0 Å². The summed E-state index contributed by atoms with van der Waals surface area (Å²) in [6.07, 6.45) is 1.52. The number of benzene rings is 1. The number of non-ortho nitro benzene ring substituents is 1. The van der Waals surface area contributed by atoms with Crippen LogP contribution in [-0.2, 0) is 0 Å². The van der Waals surface area contributed by atoms with Gasteiger partial charge in [0.2, 0.25) is 0 Å². The van der Waals surface area contributed by atoms with Crippen molar-refractivity contribution in [3.8, 4) is 0 Å². The van der Waals surface area contributed by atoms with Crippen LogP contribution in [0.4, 0.5) is 11.4 Å². The lowest BCUT2D eigenvalue weighted by molar-refractivity contribution is -0.384. The maximum absolute atomic E-state index is 10.5. The lowest BCUT2D eigenvalue weighted by Gasteiger charge is -2.15. The Labute approximate surface area is 105 Å². The van der Waals surface area contributed by atoms with Crippen molar-refractivity contribution in [1.82, 2.24) is 0 Å². The third-order valence-electron chi connectivity index (χ3n) is 2.36. The molecule has 94 valence electrons. The summed E-state index contributed by atoms with van der Waals surface area (Å²) < 4.78 is 0. The molecule has 1 unspecified atom stereocenters. The number of hydrogen-bond acceptors (Lipinski definition) is 4. The topological polar surface area (TPSA) is 75.4 Å². The van der Waals surface area contributed by atoms with Crippen molar-refractivity contribution in [3.63, 3.8) is 0 Å². The Hall–Kier alpha value is -1.33. The first-order chi connectivity index (χ1) is 8.04. The molecule has 1 aromatic carbocycles. The summed E-state index contributed by atoms with van der Waals surface area (Å²) in [7, 11) is 0. The molecule has 0 aliphatic rings. The van der Waals surface area contributed by atoms with Crippen LogP contribution >= 0.6 is 11.6 Å². The summed E-state index contributed by atoms with van der Waals surface area (Å²) in [6.45, 7) is 2.12. The summed E-state index contributed by atoms with van der Waals surface area (Å²) >= 11 is 5.94. The fraction of sp³-hybridized carbons (Fsp3) is 0.455. The number of rotatable bonds is 6. The molecule has 0 aliphatic heterocycles. The Bertz CT molecular complexity index is 398. The zero-order valence-corrected chi connectivity index (χ0v) is 10.3. The van der Waals surface area contributed by atoms with Gasteiger partial charge in [-0.15, -0.1) is 0 Å². The number of nitro benzene ring substituents is 1. The van der Waals surface area contributed by atoms with E-state index in [4.69, 9.17) is 16.7 Å². The van der Waals surface area contributed by atoms with Crippen molar-refractivity contribution in [2.45, 2.75) is 25.8 Å². The van der Waals surface area contributed by atoms with Gasteiger partial charge in [0.15, 0.2) is 0 Å². The zero-order valence-electron chi connectivity index (χ0n) is 9.52. The van der Waals surface area contributed by atoms with Crippen molar-refractivity contribution in [2.24, 2.45) is 0 Å². The lowest BCUT2D eigenvalue weighted by atomic mass is 10.1. The SMILES string of the molecule is CC(CCCO)Nc1ccc([N+](=O)[O-])cc1Cl. The number of hydrogen-bond donors (Lipinski definition) is 2. The lowest BCUT2D eigenvalue weighted by Crippen LogP contribution is -2.15. The maximum atomic E-state index is 10.5. The zero-order chi connectivity index (χ0) is 12.8. The number of nitro groups is 1. The van der Waals surface area contributed by atoms with Gasteiger partial charge in [-0.3, -0.25) is 10.1 Å². The molecule has 0 bridgehead atoms. The first kappa shape index (κ1) is 13.7. The van der Waals surface area contributed by atoms with Crippen LogP contribution in [-0.4, -0.2) is 22.7 Å². The Morgan fingerprint density at radius 3 is 2.82 bits per heavy atom. The summed E-state index contributed by atoms with van der Waals surface area (Å²) in [5.74, 6) is 0. The summed E-state index contributed by atoms with van der Waals surface area (Å²) in [5.41, 5.74) is 0.645. The normalized spacial score (nSPS) is 12.2.